The summed E-state index contributed by atoms with van der Waals surface area (Å²) >= 11 is 1.64. The summed E-state index contributed by atoms with van der Waals surface area (Å²) in [4.78, 5) is 22.7. The van der Waals surface area contributed by atoms with Crippen LogP contribution in [0, 0.1) is 6.92 Å². The number of nitrogens with one attached hydrogen (secondary N) is 2. The Hall–Kier alpha value is -3.35. The molecule has 156 valence electrons. The fraction of sp³-hybridized carbons (Fsp3) is 0.160. The van der Waals surface area contributed by atoms with Gasteiger partial charge in [0.1, 0.15) is 0 Å². The molecule has 1 atom stereocenters. The van der Waals surface area contributed by atoms with E-state index in [1.165, 1.54) is 0 Å². The third-order valence-corrected chi connectivity index (χ3v) is 5.85. The number of anilines is 1. The number of hydrogen-bond donors (Lipinski definition) is 2. The minimum Gasteiger partial charge on any atom is -0.325 e. The van der Waals surface area contributed by atoms with Crippen molar-refractivity contribution < 1.29 is 4.79 Å². The Balaban J connectivity index is 1.49. The summed E-state index contributed by atoms with van der Waals surface area (Å²) in [7, 11) is 0. The summed E-state index contributed by atoms with van der Waals surface area (Å²) in [6.45, 7) is 2.59. The van der Waals surface area contributed by atoms with Crippen LogP contribution in [0.5, 0.6) is 0 Å². The number of hydrogen-bond acceptors (Lipinski definition) is 5. The lowest BCUT2D eigenvalue weighted by Crippen LogP contribution is -2.41. The van der Waals surface area contributed by atoms with Gasteiger partial charge in [-0.3, -0.25) is 9.78 Å². The first-order valence-electron chi connectivity index (χ1n) is 10.2. The first-order chi connectivity index (χ1) is 15.2. The third-order valence-electron chi connectivity index (χ3n) is 4.93. The number of pyridine rings is 1. The highest BCUT2D eigenvalue weighted by molar-refractivity contribution is 7.11. The van der Waals surface area contributed by atoms with Gasteiger partial charge in [0.05, 0.1) is 11.0 Å². The summed E-state index contributed by atoms with van der Waals surface area (Å²) in [6.07, 6.45) is 6.00. The van der Waals surface area contributed by atoms with E-state index in [9.17, 15) is 4.79 Å². The highest BCUT2D eigenvalue weighted by Crippen LogP contribution is 2.22. The fourth-order valence-corrected chi connectivity index (χ4v) is 4.11. The minimum atomic E-state index is -0.366. The molecule has 1 unspecified atom stereocenters. The molecule has 2 heterocycles. The molecule has 5 nitrogen and oxygen atoms in total. The molecule has 0 saturated heterocycles. The van der Waals surface area contributed by atoms with E-state index in [4.69, 9.17) is 0 Å². The highest BCUT2D eigenvalue weighted by Gasteiger charge is 2.19. The molecule has 2 aromatic heterocycles. The molecule has 6 heteroatoms. The van der Waals surface area contributed by atoms with Gasteiger partial charge in [-0.05, 0) is 54.3 Å². The fourth-order valence-electron chi connectivity index (χ4n) is 3.37. The maximum Gasteiger partial charge on any atom is 0.241 e. The largest absolute Gasteiger partial charge is 0.325 e. The minimum absolute atomic E-state index is 0.0584. The molecule has 2 N–H and O–H groups in total. The van der Waals surface area contributed by atoms with Gasteiger partial charge < -0.3 is 10.6 Å². The van der Waals surface area contributed by atoms with Gasteiger partial charge in [-0.1, -0.05) is 42.5 Å². The molecule has 0 fully saturated rings. The summed E-state index contributed by atoms with van der Waals surface area (Å²) < 4.78 is 0. The van der Waals surface area contributed by atoms with Crippen molar-refractivity contribution in [1.82, 2.24) is 15.3 Å². The van der Waals surface area contributed by atoms with Crippen molar-refractivity contribution in [2.45, 2.75) is 25.9 Å². The van der Waals surface area contributed by atoms with Crippen molar-refractivity contribution in [3.05, 3.63) is 101 Å². The zero-order valence-corrected chi connectivity index (χ0v) is 18.1. The number of carbonyl (C=O) groups is 1. The summed E-state index contributed by atoms with van der Waals surface area (Å²) in [5.74, 6) is -0.0584. The number of nitrogens with zero attached hydrogens (tertiary/aromatic N) is 2. The molecule has 0 bridgehead atoms. The van der Waals surface area contributed by atoms with Crippen LogP contribution < -0.4 is 10.6 Å². The standard InChI is InChI=1S/C25H24N4OS/c1-18-27-16-23(31-18)17-28-24(14-19-6-3-2-4-7-19)25(30)29-22-9-5-8-21(15-22)20-10-12-26-13-11-20/h2-13,15-16,24,28H,14,17H2,1H3,(H,29,30). The Labute approximate surface area is 186 Å². The van der Waals surface area contributed by atoms with Gasteiger partial charge in [-0.15, -0.1) is 11.3 Å². The van der Waals surface area contributed by atoms with E-state index in [1.807, 2.05) is 79.9 Å². The molecular weight excluding hydrogens is 404 g/mol. The average molecular weight is 429 g/mol. The van der Waals surface area contributed by atoms with Crippen molar-refractivity contribution >= 4 is 22.9 Å². The third kappa shape index (κ3) is 5.84. The topological polar surface area (TPSA) is 66.9 Å². The molecule has 4 aromatic rings. The number of carbonyl (C=O) groups excluding carboxylic acids is 1. The zero-order valence-electron chi connectivity index (χ0n) is 17.3. The van der Waals surface area contributed by atoms with E-state index >= 15 is 0 Å². The number of aryl methyl sites for hydroxylation is 1. The summed E-state index contributed by atoms with van der Waals surface area (Å²) in [6, 6.07) is 21.5. The van der Waals surface area contributed by atoms with Crippen LogP contribution in [0.4, 0.5) is 5.69 Å². The number of rotatable bonds is 8. The Morgan fingerprint density at radius 2 is 1.81 bits per heavy atom. The zero-order chi connectivity index (χ0) is 21.5. The highest BCUT2D eigenvalue weighted by atomic mass is 32.1. The molecule has 0 aliphatic carbocycles. The van der Waals surface area contributed by atoms with Crippen LogP contribution in [-0.2, 0) is 17.8 Å². The normalized spacial score (nSPS) is 11.8. The maximum atomic E-state index is 13.2. The van der Waals surface area contributed by atoms with Gasteiger partial charge in [0.2, 0.25) is 5.91 Å². The SMILES string of the molecule is Cc1ncc(CNC(Cc2ccccc2)C(=O)Nc2cccc(-c3ccncc3)c2)s1. The van der Waals surface area contributed by atoms with Crippen molar-refractivity contribution in [3.8, 4) is 11.1 Å². The summed E-state index contributed by atoms with van der Waals surface area (Å²) in [5, 5.41) is 7.52. The second kappa shape index (κ2) is 10.1. The smallest absolute Gasteiger partial charge is 0.241 e. The second-order valence-corrected chi connectivity index (χ2v) is 8.59. The van der Waals surface area contributed by atoms with E-state index in [0.29, 0.717) is 13.0 Å². The van der Waals surface area contributed by atoms with Gasteiger partial charge >= 0.3 is 0 Å². The number of amides is 1. The van der Waals surface area contributed by atoms with Crippen LogP contribution in [0.2, 0.25) is 0 Å². The van der Waals surface area contributed by atoms with Crippen LogP contribution in [0.1, 0.15) is 15.4 Å². The Morgan fingerprint density at radius 3 is 2.55 bits per heavy atom. The first-order valence-corrected chi connectivity index (χ1v) is 11.0. The quantitative estimate of drug-likeness (QED) is 0.421. The van der Waals surface area contributed by atoms with E-state index < -0.39 is 0 Å². The molecular formula is C25H24N4OS. The molecule has 0 aliphatic rings. The molecule has 0 radical (unpaired) electrons. The lowest BCUT2D eigenvalue weighted by Gasteiger charge is -2.19. The van der Waals surface area contributed by atoms with E-state index in [1.54, 1.807) is 23.7 Å². The number of benzene rings is 2. The average Bonchev–Trinajstić information content (AvgIpc) is 3.23. The van der Waals surface area contributed by atoms with Crippen molar-refractivity contribution in [1.29, 1.82) is 0 Å². The van der Waals surface area contributed by atoms with Crippen LogP contribution in [0.3, 0.4) is 0 Å². The molecule has 0 spiro atoms. The first kappa shape index (κ1) is 20.9. The van der Waals surface area contributed by atoms with Crippen molar-refractivity contribution in [2.75, 3.05) is 5.32 Å². The predicted molar refractivity (Wildman–Crippen MR) is 126 cm³/mol. The molecule has 0 saturated carbocycles. The predicted octanol–water partition coefficient (Wildman–Crippen LogP) is 4.85. The summed E-state index contributed by atoms with van der Waals surface area (Å²) in [5.41, 5.74) is 3.98. The molecule has 2 aromatic carbocycles. The Kier molecular flexibility index (Phi) is 6.82. The maximum absolute atomic E-state index is 13.2. The van der Waals surface area contributed by atoms with E-state index in [-0.39, 0.29) is 11.9 Å². The van der Waals surface area contributed by atoms with Gasteiger partial charge in [0.25, 0.3) is 0 Å². The van der Waals surface area contributed by atoms with Crippen molar-refractivity contribution in [2.24, 2.45) is 0 Å². The van der Waals surface area contributed by atoms with Crippen LogP contribution in [0.15, 0.2) is 85.3 Å². The lowest BCUT2D eigenvalue weighted by molar-refractivity contribution is -0.118. The van der Waals surface area contributed by atoms with Gasteiger partial charge in [0, 0.05) is 35.7 Å². The van der Waals surface area contributed by atoms with E-state index in [0.717, 1.165) is 32.3 Å². The molecule has 4 rings (SSSR count). The molecule has 1 amide bonds. The molecule has 31 heavy (non-hydrogen) atoms. The number of aromatic nitrogens is 2. The second-order valence-electron chi connectivity index (χ2n) is 7.27. The Morgan fingerprint density at radius 1 is 1.00 bits per heavy atom. The van der Waals surface area contributed by atoms with Crippen LogP contribution >= 0.6 is 11.3 Å². The van der Waals surface area contributed by atoms with Gasteiger partial charge in [0.15, 0.2) is 0 Å². The van der Waals surface area contributed by atoms with Crippen molar-refractivity contribution in [3.63, 3.8) is 0 Å². The van der Waals surface area contributed by atoms with Crippen LogP contribution in [-0.4, -0.2) is 21.9 Å². The Bertz CT molecular complexity index is 1130. The van der Waals surface area contributed by atoms with E-state index in [2.05, 4.69) is 20.6 Å². The van der Waals surface area contributed by atoms with Gasteiger partial charge in [-0.2, -0.15) is 0 Å². The number of thiazole rings is 1. The monoisotopic (exact) mass is 428 g/mol. The lowest BCUT2D eigenvalue weighted by atomic mass is 10.0. The van der Waals surface area contributed by atoms with Gasteiger partial charge in [-0.25, -0.2) is 4.98 Å². The molecule has 0 aliphatic heterocycles. The van der Waals surface area contributed by atoms with Crippen LogP contribution in [0.25, 0.3) is 11.1 Å².